The first-order chi connectivity index (χ1) is 12.9. The molecule has 0 radical (unpaired) electrons. The van der Waals surface area contributed by atoms with Gasteiger partial charge < -0.3 is 15.3 Å². The Kier molecular flexibility index (Phi) is 8.88. The average molecular weight is 379 g/mol. The van der Waals surface area contributed by atoms with E-state index in [1.807, 2.05) is 6.08 Å². The lowest BCUT2D eigenvalue weighted by molar-refractivity contribution is 0.0352. The Bertz CT molecular complexity index is 504. The number of aliphatic hydroxyl groups is 3. The maximum Gasteiger partial charge on any atom is 0.0962 e. The first kappa shape index (κ1) is 22.5. The monoisotopic (exact) mass is 378 g/mol. The van der Waals surface area contributed by atoms with Gasteiger partial charge in [-0.05, 0) is 73.8 Å². The predicted molar refractivity (Wildman–Crippen MR) is 113 cm³/mol. The van der Waals surface area contributed by atoms with E-state index in [2.05, 4.69) is 26.8 Å². The van der Waals surface area contributed by atoms with Crippen LogP contribution < -0.4 is 0 Å². The Hall–Kier alpha value is -0.800. The summed E-state index contributed by atoms with van der Waals surface area (Å²) in [4.78, 5) is 0. The van der Waals surface area contributed by atoms with Crippen molar-refractivity contribution in [3.8, 4) is 0 Å². The van der Waals surface area contributed by atoms with Crippen molar-refractivity contribution in [2.45, 2.75) is 97.5 Å². The lowest BCUT2D eigenvalue weighted by atomic mass is 9.66. The number of allylic oxidation sites excluding steroid dienone is 4. The molecule has 0 heterocycles. The Labute approximate surface area is 166 Å². The van der Waals surface area contributed by atoms with E-state index in [0.717, 1.165) is 44.9 Å². The Morgan fingerprint density at radius 3 is 2.56 bits per heavy atom. The zero-order valence-electron chi connectivity index (χ0n) is 17.8. The minimum absolute atomic E-state index is 0.106. The molecule has 2 rings (SSSR count). The van der Waals surface area contributed by atoms with Gasteiger partial charge in [0.25, 0.3) is 0 Å². The molecule has 3 N–H and O–H groups in total. The van der Waals surface area contributed by atoms with Gasteiger partial charge in [0.15, 0.2) is 0 Å². The first-order valence-electron chi connectivity index (χ1n) is 11.3. The standard InChI is InChI=1S/C24H42O3/c1-4-5-6-7-14-24(2,3)19-11-13-21(23(27)16-19)22-17-20(26)12-10-18(22)9-8-15-25/h11,16,18,20-22,25-27H,4-10,12-15,17H2,1-3H3/t18-,20+,21?,22+/m0/s1. The third kappa shape index (κ3) is 6.35. The van der Waals surface area contributed by atoms with Crippen LogP contribution in [0, 0.1) is 23.2 Å². The molecule has 0 aromatic carbocycles. The van der Waals surface area contributed by atoms with E-state index in [0.29, 0.717) is 17.6 Å². The summed E-state index contributed by atoms with van der Waals surface area (Å²) >= 11 is 0. The van der Waals surface area contributed by atoms with E-state index in [4.69, 9.17) is 0 Å². The zero-order chi connectivity index (χ0) is 19.9. The Morgan fingerprint density at radius 2 is 1.89 bits per heavy atom. The van der Waals surface area contributed by atoms with Gasteiger partial charge in [0, 0.05) is 12.5 Å². The van der Waals surface area contributed by atoms with Crippen molar-refractivity contribution >= 4 is 0 Å². The molecule has 27 heavy (non-hydrogen) atoms. The fourth-order valence-electron chi connectivity index (χ4n) is 5.15. The summed E-state index contributed by atoms with van der Waals surface area (Å²) in [7, 11) is 0. The molecule has 0 spiro atoms. The number of unbranched alkanes of at least 4 members (excludes halogenated alkanes) is 3. The van der Waals surface area contributed by atoms with Gasteiger partial charge >= 0.3 is 0 Å². The average Bonchev–Trinajstić information content (AvgIpc) is 2.64. The molecule has 3 heteroatoms. The van der Waals surface area contributed by atoms with Gasteiger partial charge in [-0.15, -0.1) is 0 Å². The molecule has 1 fully saturated rings. The molecular weight excluding hydrogens is 336 g/mol. The lowest BCUT2D eigenvalue weighted by Crippen LogP contribution is -2.35. The molecule has 0 aliphatic heterocycles. The van der Waals surface area contributed by atoms with Crippen molar-refractivity contribution in [2.24, 2.45) is 23.2 Å². The van der Waals surface area contributed by atoms with Gasteiger partial charge in [-0.3, -0.25) is 0 Å². The summed E-state index contributed by atoms with van der Waals surface area (Å²) in [5.74, 6) is 1.46. The second-order valence-corrected chi connectivity index (χ2v) is 9.52. The van der Waals surface area contributed by atoms with Crippen LogP contribution in [0.3, 0.4) is 0 Å². The van der Waals surface area contributed by atoms with Crippen molar-refractivity contribution in [3.05, 3.63) is 23.5 Å². The quantitative estimate of drug-likeness (QED) is 0.413. The highest BCUT2D eigenvalue weighted by Gasteiger charge is 2.38. The van der Waals surface area contributed by atoms with Crippen molar-refractivity contribution in [1.29, 1.82) is 0 Å². The summed E-state index contributed by atoms with van der Waals surface area (Å²) in [5, 5.41) is 30.3. The second kappa shape index (κ2) is 10.7. The van der Waals surface area contributed by atoms with Crippen LogP contribution in [-0.2, 0) is 0 Å². The number of hydrogen-bond donors (Lipinski definition) is 3. The topological polar surface area (TPSA) is 60.7 Å². The summed E-state index contributed by atoms with van der Waals surface area (Å²) < 4.78 is 0. The minimum Gasteiger partial charge on any atom is -0.512 e. The molecule has 1 saturated carbocycles. The van der Waals surface area contributed by atoms with Gasteiger partial charge in [-0.1, -0.05) is 52.5 Å². The maximum absolute atomic E-state index is 10.9. The number of aliphatic hydroxyl groups excluding tert-OH is 3. The largest absolute Gasteiger partial charge is 0.512 e. The minimum atomic E-state index is -0.242. The van der Waals surface area contributed by atoms with Crippen LogP contribution in [0.15, 0.2) is 23.5 Å². The van der Waals surface area contributed by atoms with E-state index < -0.39 is 0 Å². The smallest absolute Gasteiger partial charge is 0.0962 e. The van der Waals surface area contributed by atoms with Crippen molar-refractivity contribution < 1.29 is 15.3 Å². The summed E-state index contributed by atoms with van der Waals surface area (Å²) in [6.45, 7) is 7.06. The molecule has 4 atom stereocenters. The normalized spacial score (nSPS) is 29.4. The Balaban J connectivity index is 2.02. The van der Waals surface area contributed by atoms with Gasteiger partial charge in [0.05, 0.1) is 11.9 Å². The SMILES string of the molecule is CCCCCCC(C)(C)C1=CCC([C@@H]2C[C@H](O)CC[C@@H]2CCCO)C(O)=C1. The van der Waals surface area contributed by atoms with Crippen LogP contribution in [0.5, 0.6) is 0 Å². The summed E-state index contributed by atoms with van der Waals surface area (Å²) in [6, 6.07) is 0. The maximum atomic E-state index is 10.9. The molecule has 2 aliphatic rings. The molecular formula is C24H42O3. The molecule has 0 saturated heterocycles. The molecule has 0 aromatic rings. The van der Waals surface area contributed by atoms with Crippen LogP contribution >= 0.6 is 0 Å². The highest BCUT2D eigenvalue weighted by atomic mass is 16.3. The highest BCUT2D eigenvalue weighted by Crippen LogP contribution is 2.45. The first-order valence-corrected chi connectivity index (χ1v) is 11.3. The zero-order valence-corrected chi connectivity index (χ0v) is 17.8. The number of rotatable bonds is 10. The molecule has 3 nitrogen and oxygen atoms in total. The third-order valence-electron chi connectivity index (χ3n) is 6.98. The van der Waals surface area contributed by atoms with E-state index in [-0.39, 0.29) is 24.0 Å². The highest BCUT2D eigenvalue weighted by molar-refractivity contribution is 5.32. The third-order valence-corrected chi connectivity index (χ3v) is 6.98. The van der Waals surface area contributed by atoms with Gasteiger partial charge in [-0.2, -0.15) is 0 Å². The van der Waals surface area contributed by atoms with Crippen molar-refractivity contribution in [1.82, 2.24) is 0 Å². The molecule has 1 unspecified atom stereocenters. The number of hydrogen-bond acceptors (Lipinski definition) is 3. The van der Waals surface area contributed by atoms with E-state index >= 15 is 0 Å². The van der Waals surface area contributed by atoms with Gasteiger partial charge in [-0.25, -0.2) is 0 Å². The van der Waals surface area contributed by atoms with E-state index in [9.17, 15) is 15.3 Å². The van der Waals surface area contributed by atoms with Crippen LogP contribution in [0.2, 0.25) is 0 Å². The van der Waals surface area contributed by atoms with Crippen LogP contribution in [0.4, 0.5) is 0 Å². The van der Waals surface area contributed by atoms with Crippen molar-refractivity contribution in [2.75, 3.05) is 6.61 Å². The fraction of sp³-hybridized carbons (Fsp3) is 0.833. The van der Waals surface area contributed by atoms with E-state index in [1.165, 1.54) is 31.3 Å². The molecule has 0 amide bonds. The molecule has 0 bridgehead atoms. The van der Waals surface area contributed by atoms with Gasteiger partial charge in [0.1, 0.15) is 0 Å². The molecule has 2 aliphatic carbocycles. The summed E-state index contributed by atoms with van der Waals surface area (Å²) in [6.07, 6.45) is 15.7. The predicted octanol–water partition coefficient (Wildman–Crippen LogP) is 5.92. The van der Waals surface area contributed by atoms with Gasteiger partial charge in [0.2, 0.25) is 0 Å². The van der Waals surface area contributed by atoms with E-state index in [1.54, 1.807) is 0 Å². The second-order valence-electron chi connectivity index (χ2n) is 9.52. The van der Waals surface area contributed by atoms with Crippen LogP contribution in [0.1, 0.15) is 91.4 Å². The summed E-state index contributed by atoms with van der Waals surface area (Å²) in [5.41, 5.74) is 1.38. The van der Waals surface area contributed by atoms with Crippen LogP contribution in [-0.4, -0.2) is 28.0 Å². The molecule has 0 aromatic heterocycles. The Morgan fingerprint density at radius 1 is 1.11 bits per heavy atom. The lowest BCUT2D eigenvalue weighted by Gasteiger charge is -2.40. The van der Waals surface area contributed by atoms with Crippen LogP contribution in [0.25, 0.3) is 0 Å². The van der Waals surface area contributed by atoms with Crippen molar-refractivity contribution in [3.63, 3.8) is 0 Å². The molecule has 156 valence electrons. The fourth-order valence-corrected chi connectivity index (χ4v) is 5.15.